The lowest BCUT2D eigenvalue weighted by Crippen LogP contribution is -2.24. The number of anilines is 1. The van der Waals surface area contributed by atoms with Crippen molar-refractivity contribution in [2.24, 2.45) is 7.05 Å². The summed E-state index contributed by atoms with van der Waals surface area (Å²) >= 11 is 0. The SMILES string of the molecule is CCn1ccc(C(=O)Nc2c(C(=O)N(C)C)nn(C)c2C)n1. The highest BCUT2D eigenvalue weighted by Crippen LogP contribution is 2.21. The Kier molecular flexibility index (Phi) is 4.30. The van der Waals surface area contributed by atoms with Crippen molar-refractivity contribution in [1.29, 1.82) is 0 Å². The molecule has 1 N–H and O–H groups in total. The average molecular weight is 304 g/mol. The molecule has 2 rings (SSSR count). The molecule has 0 radical (unpaired) electrons. The van der Waals surface area contributed by atoms with E-state index < -0.39 is 0 Å². The molecule has 22 heavy (non-hydrogen) atoms. The van der Waals surface area contributed by atoms with Crippen molar-refractivity contribution in [3.05, 3.63) is 29.3 Å². The van der Waals surface area contributed by atoms with Gasteiger partial charge >= 0.3 is 0 Å². The van der Waals surface area contributed by atoms with Gasteiger partial charge in [-0.2, -0.15) is 10.2 Å². The van der Waals surface area contributed by atoms with Gasteiger partial charge in [-0.1, -0.05) is 0 Å². The third-order valence-electron chi connectivity index (χ3n) is 3.38. The van der Waals surface area contributed by atoms with Crippen molar-refractivity contribution in [3.8, 4) is 0 Å². The van der Waals surface area contributed by atoms with E-state index >= 15 is 0 Å². The van der Waals surface area contributed by atoms with Crippen LogP contribution in [0.15, 0.2) is 12.3 Å². The maximum Gasteiger partial charge on any atom is 0.276 e. The minimum Gasteiger partial charge on any atom is -0.343 e. The summed E-state index contributed by atoms with van der Waals surface area (Å²) in [4.78, 5) is 25.9. The predicted molar refractivity (Wildman–Crippen MR) is 81.8 cm³/mol. The van der Waals surface area contributed by atoms with E-state index in [-0.39, 0.29) is 17.5 Å². The molecule has 0 aliphatic heterocycles. The van der Waals surface area contributed by atoms with E-state index in [1.165, 1.54) is 4.90 Å². The first kappa shape index (κ1) is 15.7. The Bertz CT molecular complexity index is 713. The standard InChI is InChI=1S/C14H20N6O2/c1-6-20-8-7-10(16-20)13(21)15-11-9(2)19(5)17-12(11)14(22)18(3)4/h7-8H,6H2,1-5H3,(H,15,21). The molecule has 0 aliphatic carbocycles. The van der Waals surface area contributed by atoms with Crippen LogP contribution >= 0.6 is 0 Å². The summed E-state index contributed by atoms with van der Waals surface area (Å²) in [7, 11) is 5.00. The van der Waals surface area contributed by atoms with Crippen molar-refractivity contribution in [1.82, 2.24) is 24.5 Å². The smallest absolute Gasteiger partial charge is 0.276 e. The summed E-state index contributed by atoms with van der Waals surface area (Å²) in [5.41, 5.74) is 1.63. The predicted octanol–water partition coefficient (Wildman–Crippen LogP) is 0.899. The Labute approximate surface area is 128 Å². The van der Waals surface area contributed by atoms with E-state index in [9.17, 15) is 9.59 Å². The zero-order chi connectivity index (χ0) is 16.4. The molecule has 2 heterocycles. The molecular formula is C14H20N6O2. The summed E-state index contributed by atoms with van der Waals surface area (Å²) in [6.45, 7) is 4.41. The lowest BCUT2D eigenvalue weighted by molar-refractivity contribution is 0.0822. The number of aryl methyl sites for hydroxylation is 2. The zero-order valence-electron chi connectivity index (χ0n) is 13.4. The van der Waals surface area contributed by atoms with Crippen molar-refractivity contribution >= 4 is 17.5 Å². The van der Waals surface area contributed by atoms with Crippen molar-refractivity contribution < 1.29 is 9.59 Å². The average Bonchev–Trinajstić information content (AvgIpc) is 3.06. The molecule has 0 saturated carbocycles. The van der Waals surface area contributed by atoms with E-state index in [1.54, 1.807) is 49.7 Å². The molecule has 2 amide bonds. The molecule has 8 nitrogen and oxygen atoms in total. The number of carbonyl (C=O) groups is 2. The highest BCUT2D eigenvalue weighted by atomic mass is 16.2. The molecule has 0 spiro atoms. The first-order valence-corrected chi connectivity index (χ1v) is 6.95. The molecule has 2 aromatic rings. The second kappa shape index (κ2) is 6.00. The largest absolute Gasteiger partial charge is 0.343 e. The molecule has 0 unspecified atom stereocenters. The zero-order valence-corrected chi connectivity index (χ0v) is 13.4. The minimum absolute atomic E-state index is 0.216. The fraction of sp³-hybridized carbons (Fsp3) is 0.429. The van der Waals surface area contributed by atoms with Crippen LogP contribution in [0.3, 0.4) is 0 Å². The Balaban J connectivity index is 2.32. The van der Waals surface area contributed by atoms with Gasteiger partial charge in [-0.05, 0) is 19.9 Å². The Hall–Kier alpha value is -2.64. The van der Waals surface area contributed by atoms with Crippen LogP contribution in [0.25, 0.3) is 0 Å². The molecule has 0 atom stereocenters. The molecule has 0 aromatic carbocycles. The number of carbonyl (C=O) groups excluding carboxylic acids is 2. The fourth-order valence-electron chi connectivity index (χ4n) is 1.96. The molecule has 2 aromatic heterocycles. The van der Waals surface area contributed by atoms with Crippen molar-refractivity contribution in [3.63, 3.8) is 0 Å². The van der Waals surface area contributed by atoms with E-state index in [1.807, 2.05) is 6.92 Å². The van der Waals surface area contributed by atoms with Crippen LogP contribution in [0, 0.1) is 6.92 Å². The third-order valence-corrected chi connectivity index (χ3v) is 3.38. The number of hydrogen-bond acceptors (Lipinski definition) is 4. The van der Waals surface area contributed by atoms with Gasteiger partial charge in [-0.25, -0.2) is 0 Å². The van der Waals surface area contributed by atoms with Gasteiger partial charge in [0, 0.05) is 33.9 Å². The highest BCUT2D eigenvalue weighted by Gasteiger charge is 2.23. The van der Waals surface area contributed by atoms with Crippen LogP contribution in [-0.4, -0.2) is 50.4 Å². The van der Waals surface area contributed by atoms with Gasteiger partial charge < -0.3 is 10.2 Å². The highest BCUT2D eigenvalue weighted by molar-refractivity contribution is 6.07. The first-order chi connectivity index (χ1) is 10.3. The molecule has 118 valence electrons. The van der Waals surface area contributed by atoms with Gasteiger partial charge in [0.25, 0.3) is 11.8 Å². The van der Waals surface area contributed by atoms with Gasteiger partial charge in [-0.3, -0.25) is 19.0 Å². The van der Waals surface area contributed by atoms with E-state index in [4.69, 9.17) is 0 Å². The molecule has 0 saturated heterocycles. The maximum atomic E-state index is 12.3. The molecule has 0 aliphatic rings. The number of nitrogens with one attached hydrogen (secondary N) is 1. The van der Waals surface area contributed by atoms with Crippen molar-refractivity contribution in [2.45, 2.75) is 20.4 Å². The number of nitrogens with zero attached hydrogens (tertiary/aromatic N) is 5. The Morgan fingerprint density at radius 2 is 2.00 bits per heavy atom. The van der Waals surface area contributed by atoms with Gasteiger partial charge in [0.2, 0.25) is 0 Å². The fourth-order valence-corrected chi connectivity index (χ4v) is 1.96. The van der Waals surface area contributed by atoms with Crippen LogP contribution in [0.1, 0.15) is 33.6 Å². The topological polar surface area (TPSA) is 85.0 Å². The van der Waals surface area contributed by atoms with Crippen LogP contribution in [-0.2, 0) is 13.6 Å². The van der Waals surface area contributed by atoms with E-state index in [0.717, 1.165) is 0 Å². The van der Waals surface area contributed by atoms with Gasteiger partial charge in [0.05, 0.1) is 11.4 Å². The molecule has 0 fully saturated rings. The molecular weight excluding hydrogens is 284 g/mol. The van der Waals surface area contributed by atoms with E-state index in [0.29, 0.717) is 23.6 Å². The first-order valence-electron chi connectivity index (χ1n) is 6.95. The summed E-state index contributed by atoms with van der Waals surface area (Å²) in [6.07, 6.45) is 1.73. The van der Waals surface area contributed by atoms with Gasteiger partial charge in [-0.15, -0.1) is 0 Å². The van der Waals surface area contributed by atoms with Crippen LogP contribution < -0.4 is 5.32 Å². The minimum atomic E-state index is -0.365. The van der Waals surface area contributed by atoms with Gasteiger partial charge in [0.1, 0.15) is 0 Å². The monoisotopic (exact) mass is 304 g/mol. The van der Waals surface area contributed by atoms with Crippen LogP contribution in [0.2, 0.25) is 0 Å². The second-order valence-corrected chi connectivity index (χ2v) is 5.14. The summed E-state index contributed by atoms with van der Waals surface area (Å²) in [5, 5.41) is 11.1. The molecule has 8 heteroatoms. The summed E-state index contributed by atoms with van der Waals surface area (Å²) in [5.74, 6) is -0.630. The van der Waals surface area contributed by atoms with Crippen molar-refractivity contribution in [2.75, 3.05) is 19.4 Å². The second-order valence-electron chi connectivity index (χ2n) is 5.14. The Morgan fingerprint density at radius 3 is 2.55 bits per heavy atom. The van der Waals surface area contributed by atoms with Crippen LogP contribution in [0.5, 0.6) is 0 Å². The third kappa shape index (κ3) is 2.85. The number of aromatic nitrogens is 4. The maximum absolute atomic E-state index is 12.3. The summed E-state index contributed by atoms with van der Waals surface area (Å²) < 4.78 is 3.23. The number of amides is 2. The number of hydrogen-bond donors (Lipinski definition) is 1. The lowest BCUT2D eigenvalue weighted by atomic mass is 10.2. The van der Waals surface area contributed by atoms with Gasteiger partial charge in [0.15, 0.2) is 11.4 Å². The van der Waals surface area contributed by atoms with Crippen LogP contribution in [0.4, 0.5) is 5.69 Å². The lowest BCUT2D eigenvalue weighted by Gasteiger charge is -2.10. The van der Waals surface area contributed by atoms with E-state index in [2.05, 4.69) is 15.5 Å². The quantitative estimate of drug-likeness (QED) is 0.909. The number of rotatable bonds is 4. The Morgan fingerprint density at radius 1 is 1.32 bits per heavy atom. The normalized spacial score (nSPS) is 10.6. The summed E-state index contributed by atoms with van der Waals surface area (Å²) in [6, 6.07) is 1.64. The molecule has 0 bridgehead atoms.